The normalized spacial score (nSPS) is 20.8. The van der Waals surface area contributed by atoms with Crippen molar-refractivity contribution in [2.24, 2.45) is 0 Å². The maximum Gasteiger partial charge on any atom is 0.237 e. The summed E-state index contributed by atoms with van der Waals surface area (Å²) in [5.74, 6) is -0.223. The standard InChI is InChI=1S/C10H17N3O3S/c1-3-9(7-11)17(15,16)13-6-4-5-12(2)10(14)8-13/h9H,3-6,8H2,1-2H3. The molecule has 1 amide bonds. The highest BCUT2D eigenvalue weighted by Crippen LogP contribution is 2.14. The average molecular weight is 259 g/mol. The first-order chi connectivity index (χ1) is 7.93. The topological polar surface area (TPSA) is 81.5 Å². The summed E-state index contributed by atoms with van der Waals surface area (Å²) in [6.07, 6.45) is 0.836. The Hall–Kier alpha value is -1.13. The van der Waals surface area contributed by atoms with Crippen LogP contribution < -0.4 is 0 Å². The van der Waals surface area contributed by atoms with Gasteiger partial charge in [0.15, 0.2) is 5.25 Å². The van der Waals surface area contributed by atoms with Crippen molar-refractivity contribution in [1.82, 2.24) is 9.21 Å². The molecule has 1 atom stereocenters. The number of nitriles is 1. The van der Waals surface area contributed by atoms with E-state index < -0.39 is 15.3 Å². The number of amides is 1. The van der Waals surface area contributed by atoms with Crippen LogP contribution in [-0.4, -0.2) is 55.5 Å². The Balaban J connectivity index is 2.92. The van der Waals surface area contributed by atoms with Crippen molar-refractivity contribution in [3.05, 3.63) is 0 Å². The minimum Gasteiger partial charge on any atom is -0.345 e. The van der Waals surface area contributed by atoms with E-state index in [1.807, 2.05) is 0 Å². The van der Waals surface area contributed by atoms with E-state index in [0.29, 0.717) is 19.5 Å². The maximum atomic E-state index is 12.1. The van der Waals surface area contributed by atoms with Gasteiger partial charge in [0.25, 0.3) is 0 Å². The molecular formula is C10H17N3O3S. The Morgan fingerprint density at radius 1 is 1.47 bits per heavy atom. The molecule has 1 fully saturated rings. The van der Waals surface area contributed by atoms with Crippen LogP contribution in [0.25, 0.3) is 0 Å². The van der Waals surface area contributed by atoms with Gasteiger partial charge in [0, 0.05) is 20.1 Å². The molecule has 1 unspecified atom stereocenters. The molecule has 6 nitrogen and oxygen atoms in total. The lowest BCUT2D eigenvalue weighted by molar-refractivity contribution is -0.129. The van der Waals surface area contributed by atoms with E-state index in [0.717, 1.165) is 4.31 Å². The van der Waals surface area contributed by atoms with Gasteiger partial charge in [-0.1, -0.05) is 6.92 Å². The summed E-state index contributed by atoms with van der Waals surface area (Å²) in [5, 5.41) is 7.77. The third-order valence-corrected chi connectivity index (χ3v) is 5.06. The van der Waals surface area contributed by atoms with E-state index in [9.17, 15) is 13.2 Å². The number of carbonyl (C=O) groups is 1. The molecular weight excluding hydrogens is 242 g/mol. The number of hydrogen-bond donors (Lipinski definition) is 0. The molecule has 1 aliphatic heterocycles. The van der Waals surface area contributed by atoms with Crippen molar-refractivity contribution >= 4 is 15.9 Å². The number of hydrogen-bond acceptors (Lipinski definition) is 4. The molecule has 7 heteroatoms. The predicted octanol–water partition coefficient (Wildman–Crippen LogP) is -0.218. The smallest absolute Gasteiger partial charge is 0.237 e. The molecule has 0 aromatic rings. The second kappa shape index (κ2) is 5.47. The van der Waals surface area contributed by atoms with Gasteiger partial charge in [-0.25, -0.2) is 8.42 Å². The molecule has 0 saturated carbocycles. The summed E-state index contributed by atoms with van der Waals surface area (Å²) >= 11 is 0. The number of sulfonamides is 1. The average Bonchev–Trinajstić information content (AvgIpc) is 2.43. The van der Waals surface area contributed by atoms with E-state index in [1.54, 1.807) is 20.0 Å². The van der Waals surface area contributed by atoms with Crippen LogP contribution in [0, 0.1) is 11.3 Å². The maximum absolute atomic E-state index is 12.1. The van der Waals surface area contributed by atoms with Gasteiger partial charge in [0.05, 0.1) is 12.6 Å². The summed E-state index contributed by atoms with van der Waals surface area (Å²) in [7, 11) is -2.03. The largest absolute Gasteiger partial charge is 0.345 e. The molecule has 1 saturated heterocycles. The van der Waals surface area contributed by atoms with Crippen LogP contribution in [0.1, 0.15) is 19.8 Å². The highest BCUT2D eigenvalue weighted by Gasteiger charge is 2.34. The van der Waals surface area contributed by atoms with Gasteiger partial charge < -0.3 is 4.90 Å². The third-order valence-electron chi connectivity index (χ3n) is 2.87. The first kappa shape index (κ1) is 13.9. The summed E-state index contributed by atoms with van der Waals surface area (Å²) in [4.78, 5) is 13.1. The van der Waals surface area contributed by atoms with Gasteiger partial charge in [-0.2, -0.15) is 9.57 Å². The van der Waals surface area contributed by atoms with Gasteiger partial charge in [-0.3, -0.25) is 4.79 Å². The lowest BCUT2D eigenvalue weighted by Crippen LogP contribution is -2.42. The van der Waals surface area contributed by atoms with Crippen molar-refractivity contribution in [3.63, 3.8) is 0 Å². The fraction of sp³-hybridized carbons (Fsp3) is 0.800. The molecule has 0 spiro atoms. The van der Waals surface area contributed by atoms with E-state index in [4.69, 9.17) is 5.26 Å². The highest BCUT2D eigenvalue weighted by molar-refractivity contribution is 7.90. The summed E-state index contributed by atoms with van der Waals surface area (Å²) in [6, 6.07) is 1.78. The zero-order valence-electron chi connectivity index (χ0n) is 10.1. The quantitative estimate of drug-likeness (QED) is 0.702. The zero-order valence-corrected chi connectivity index (χ0v) is 10.9. The van der Waals surface area contributed by atoms with Gasteiger partial charge in [-0.15, -0.1) is 0 Å². The van der Waals surface area contributed by atoms with Crippen LogP contribution in [-0.2, 0) is 14.8 Å². The monoisotopic (exact) mass is 259 g/mol. The number of nitrogens with zero attached hydrogens (tertiary/aromatic N) is 3. The Kier molecular flexibility index (Phi) is 4.48. The SMILES string of the molecule is CCC(C#N)S(=O)(=O)N1CCCN(C)C(=O)C1. The van der Waals surface area contributed by atoms with Crippen LogP contribution in [0.2, 0.25) is 0 Å². The Bertz CT molecular complexity index is 427. The predicted molar refractivity (Wildman–Crippen MR) is 62.4 cm³/mol. The minimum absolute atomic E-state index is 0.156. The van der Waals surface area contributed by atoms with Crippen LogP contribution in [0.3, 0.4) is 0 Å². The molecule has 1 heterocycles. The van der Waals surface area contributed by atoms with Crippen molar-refractivity contribution in [3.8, 4) is 6.07 Å². The second-order valence-corrected chi connectivity index (χ2v) is 6.19. The Morgan fingerprint density at radius 3 is 2.65 bits per heavy atom. The van der Waals surface area contributed by atoms with Crippen LogP contribution >= 0.6 is 0 Å². The Morgan fingerprint density at radius 2 is 2.12 bits per heavy atom. The van der Waals surface area contributed by atoms with Gasteiger partial charge >= 0.3 is 0 Å². The first-order valence-electron chi connectivity index (χ1n) is 5.56. The van der Waals surface area contributed by atoms with E-state index >= 15 is 0 Å². The molecule has 0 N–H and O–H groups in total. The van der Waals surface area contributed by atoms with E-state index in [1.165, 1.54) is 4.90 Å². The van der Waals surface area contributed by atoms with Gasteiger partial charge in [0.2, 0.25) is 15.9 Å². The van der Waals surface area contributed by atoms with Gasteiger partial charge in [-0.05, 0) is 12.8 Å². The minimum atomic E-state index is -3.68. The van der Waals surface area contributed by atoms with Crippen molar-refractivity contribution in [2.75, 3.05) is 26.7 Å². The lowest BCUT2D eigenvalue weighted by Gasteiger charge is -2.21. The zero-order chi connectivity index (χ0) is 13.1. The number of likely N-dealkylation sites (N-methyl/N-ethyl adjacent to an activating group) is 1. The third kappa shape index (κ3) is 2.96. The van der Waals surface area contributed by atoms with Crippen molar-refractivity contribution < 1.29 is 13.2 Å². The fourth-order valence-electron chi connectivity index (χ4n) is 1.73. The van der Waals surface area contributed by atoms with Crippen LogP contribution in [0.5, 0.6) is 0 Å². The van der Waals surface area contributed by atoms with Crippen LogP contribution in [0.15, 0.2) is 0 Å². The van der Waals surface area contributed by atoms with Gasteiger partial charge in [0.1, 0.15) is 0 Å². The molecule has 0 aromatic heterocycles. The van der Waals surface area contributed by atoms with E-state index in [-0.39, 0.29) is 18.9 Å². The molecule has 1 rings (SSSR count). The molecule has 96 valence electrons. The second-order valence-electron chi connectivity index (χ2n) is 4.07. The van der Waals surface area contributed by atoms with Crippen LogP contribution in [0.4, 0.5) is 0 Å². The lowest BCUT2D eigenvalue weighted by atomic mass is 10.4. The first-order valence-corrected chi connectivity index (χ1v) is 7.06. The van der Waals surface area contributed by atoms with Crippen molar-refractivity contribution in [1.29, 1.82) is 5.26 Å². The van der Waals surface area contributed by atoms with E-state index in [2.05, 4.69) is 0 Å². The molecule has 17 heavy (non-hydrogen) atoms. The number of carbonyl (C=O) groups excluding carboxylic acids is 1. The number of rotatable bonds is 3. The molecule has 0 aromatic carbocycles. The summed E-state index contributed by atoms with van der Waals surface area (Å²) in [6.45, 7) is 2.35. The molecule has 1 aliphatic rings. The fourth-order valence-corrected chi connectivity index (χ4v) is 3.31. The molecule has 0 bridgehead atoms. The van der Waals surface area contributed by atoms with Crippen molar-refractivity contribution in [2.45, 2.75) is 25.0 Å². The summed E-state index contributed by atoms with van der Waals surface area (Å²) in [5.41, 5.74) is 0. The molecule has 0 aliphatic carbocycles. The molecule has 0 radical (unpaired) electrons. The Labute approximate surface area is 102 Å². The summed E-state index contributed by atoms with van der Waals surface area (Å²) < 4.78 is 25.3. The highest BCUT2D eigenvalue weighted by atomic mass is 32.2.